The number of hydrogen-bond acceptors (Lipinski definition) is 6. The van der Waals surface area contributed by atoms with Crippen LogP contribution in [0.25, 0.3) is 11.9 Å². The third-order valence-electron chi connectivity index (χ3n) is 2.88. The summed E-state index contributed by atoms with van der Waals surface area (Å²) in [6.07, 6.45) is 5.12. The van der Waals surface area contributed by atoms with Crippen molar-refractivity contribution in [3.63, 3.8) is 0 Å². The van der Waals surface area contributed by atoms with Crippen LogP contribution in [0, 0.1) is 13.8 Å². The molecule has 8 heteroatoms. The monoisotopic (exact) mass is 284 g/mol. The summed E-state index contributed by atoms with van der Waals surface area (Å²) in [5, 5.41) is 7.52. The molecule has 0 bridgehead atoms. The lowest BCUT2D eigenvalue weighted by Gasteiger charge is -2.08. The van der Waals surface area contributed by atoms with Crippen molar-refractivity contribution < 1.29 is 0 Å². The summed E-state index contributed by atoms with van der Waals surface area (Å²) >= 11 is 0. The van der Waals surface area contributed by atoms with Gasteiger partial charge in [-0.15, -0.1) is 0 Å². The highest BCUT2D eigenvalue weighted by Gasteiger charge is 2.12. The fraction of sp³-hybridized carbons (Fsp3) is 0.308. The normalized spacial score (nSPS) is 10.8. The van der Waals surface area contributed by atoms with E-state index in [4.69, 9.17) is 0 Å². The molecule has 0 aliphatic rings. The van der Waals surface area contributed by atoms with Crippen LogP contribution in [0.3, 0.4) is 0 Å². The lowest BCUT2D eigenvalue weighted by Crippen LogP contribution is -2.13. The number of rotatable bonds is 4. The van der Waals surface area contributed by atoms with Crippen LogP contribution in [0.15, 0.2) is 24.8 Å². The topological polar surface area (TPSA) is 86.3 Å². The van der Waals surface area contributed by atoms with Crippen molar-refractivity contribution in [2.75, 3.05) is 11.9 Å². The highest BCUT2D eigenvalue weighted by Crippen LogP contribution is 2.12. The van der Waals surface area contributed by atoms with Crippen molar-refractivity contribution in [1.29, 1.82) is 0 Å². The van der Waals surface area contributed by atoms with E-state index < -0.39 is 0 Å². The van der Waals surface area contributed by atoms with Gasteiger partial charge in [-0.3, -0.25) is 4.57 Å². The number of imidazole rings is 1. The van der Waals surface area contributed by atoms with Gasteiger partial charge >= 0.3 is 0 Å². The highest BCUT2D eigenvalue weighted by molar-refractivity contribution is 5.33. The quantitative estimate of drug-likeness (QED) is 0.777. The lowest BCUT2D eigenvalue weighted by atomic mass is 10.4. The van der Waals surface area contributed by atoms with E-state index in [2.05, 4.69) is 30.4 Å². The average Bonchev–Trinajstić information content (AvgIpc) is 3.08. The highest BCUT2D eigenvalue weighted by atomic mass is 15.4. The van der Waals surface area contributed by atoms with Crippen LogP contribution >= 0.6 is 0 Å². The van der Waals surface area contributed by atoms with Gasteiger partial charge in [0.15, 0.2) is 0 Å². The number of aryl methyl sites for hydroxylation is 2. The van der Waals surface area contributed by atoms with Crippen molar-refractivity contribution in [2.45, 2.75) is 20.8 Å². The molecule has 0 aromatic carbocycles. The zero-order chi connectivity index (χ0) is 14.8. The Morgan fingerprint density at radius 1 is 1.14 bits per heavy atom. The molecule has 3 rings (SSSR count). The van der Waals surface area contributed by atoms with E-state index >= 15 is 0 Å². The van der Waals surface area contributed by atoms with Crippen molar-refractivity contribution in [3.8, 4) is 11.9 Å². The van der Waals surface area contributed by atoms with Crippen LogP contribution in [0.4, 0.5) is 5.95 Å². The van der Waals surface area contributed by atoms with Gasteiger partial charge in [-0.2, -0.15) is 20.1 Å². The summed E-state index contributed by atoms with van der Waals surface area (Å²) in [4.78, 5) is 17.3. The Hall–Kier alpha value is -2.77. The Kier molecular flexibility index (Phi) is 3.35. The van der Waals surface area contributed by atoms with Crippen LogP contribution in [0.2, 0.25) is 0 Å². The van der Waals surface area contributed by atoms with Gasteiger partial charge in [-0.05, 0) is 26.8 Å². The number of aromatic nitrogens is 7. The van der Waals surface area contributed by atoms with Crippen LogP contribution in [0.5, 0.6) is 0 Å². The summed E-state index contributed by atoms with van der Waals surface area (Å²) in [5.41, 5.74) is 1.89. The van der Waals surface area contributed by atoms with Crippen molar-refractivity contribution in [2.24, 2.45) is 0 Å². The molecule has 0 saturated carbocycles. The van der Waals surface area contributed by atoms with Crippen LogP contribution in [0.1, 0.15) is 18.3 Å². The fourth-order valence-electron chi connectivity index (χ4n) is 2.01. The van der Waals surface area contributed by atoms with E-state index in [0.29, 0.717) is 17.8 Å². The van der Waals surface area contributed by atoms with Crippen molar-refractivity contribution in [3.05, 3.63) is 36.2 Å². The first kappa shape index (κ1) is 13.2. The Labute approximate surface area is 121 Å². The summed E-state index contributed by atoms with van der Waals surface area (Å²) in [6.45, 7) is 6.62. The van der Waals surface area contributed by atoms with Crippen LogP contribution < -0.4 is 5.32 Å². The van der Waals surface area contributed by atoms with Gasteiger partial charge in [-0.1, -0.05) is 0 Å². The molecule has 0 amide bonds. The van der Waals surface area contributed by atoms with Gasteiger partial charge in [0.1, 0.15) is 6.33 Å². The average molecular weight is 284 g/mol. The van der Waals surface area contributed by atoms with Crippen molar-refractivity contribution in [1.82, 2.24) is 34.3 Å². The number of nitrogens with zero attached hydrogens (tertiary/aromatic N) is 7. The molecule has 0 unspecified atom stereocenters. The standard InChI is InChI=1S/C13H16N8/c1-4-15-11-16-12(20-6-5-14-8-20)18-13(17-11)21-10(3)7-9(2)19-21/h5-8H,4H2,1-3H3,(H,15,16,17,18). The Bertz CT molecular complexity index is 744. The van der Waals surface area contributed by atoms with Crippen molar-refractivity contribution >= 4 is 5.95 Å². The second-order valence-electron chi connectivity index (χ2n) is 4.60. The summed E-state index contributed by atoms with van der Waals surface area (Å²) < 4.78 is 3.44. The molecular formula is C13H16N8. The number of anilines is 1. The molecule has 0 fully saturated rings. The van der Waals surface area contributed by atoms with E-state index in [1.165, 1.54) is 0 Å². The number of hydrogen-bond donors (Lipinski definition) is 1. The van der Waals surface area contributed by atoms with Gasteiger partial charge in [-0.25, -0.2) is 9.67 Å². The lowest BCUT2D eigenvalue weighted by molar-refractivity contribution is 0.750. The van der Waals surface area contributed by atoms with E-state index in [9.17, 15) is 0 Å². The molecule has 3 aromatic heterocycles. The second kappa shape index (κ2) is 5.31. The third-order valence-corrected chi connectivity index (χ3v) is 2.88. The Morgan fingerprint density at radius 2 is 1.95 bits per heavy atom. The Balaban J connectivity index is 2.13. The van der Waals surface area contributed by atoms with Crippen LogP contribution in [-0.4, -0.2) is 40.8 Å². The minimum Gasteiger partial charge on any atom is -0.354 e. The molecule has 0 aliphatic heterocycles. The van der Waals surface area contributed by atoms with Gasteiger partial charge in [0.25, 0.3) is 5.95 Å². The zero-order valence-electron chi connectivity index (χ0n) is 12.1. The molecule has 3 aromatic rings. The molecule has 8 nitrogen and oxygen atoms in total. The second-order valence-corrected chi connectivity index (χ2v) is 4.60. The van der Waals surface area contributed by atoms with Gasteiger partial charge in [0.05, 0.1) is 5.69 Å². The van der Waals surface area contributed by atoms with Crippen LogP contribution in [-0.2, 0) is 0 Å². The summed E-state index contributed by atoms with van der Waals surface area (Å²) in [6, 6.07) is 1.98. The fourth-order valence-corrected chi connectivity index (χ4v) is 2.01. The molecule has 108 valence electrons. The first-order valence-corrected chi connectivity index (χ1v) is 6.69. The zero-order valence-corrected chi connectivity index (χ0v) is 12.1. The molecule has 0 saturated heterocycles. The first-order valence-electron chi connectivity index (χ1n) is 6.69. The maximum atomic E-state index is 4.46. The molecule has 1 N–H and O–H groups in total. The predicted molar refractivity (Wildman–Crippen MR) is 77.7 cm³/mol. The molecular weight excluding hydrogens is 268 g/mol. The first-order chi connectivity index (χ1) is 10.2. The molecule has 0 aliphatic carbocycles. The molecule has 3 heterocycles. The maximum Gasteiger partial charge on any atom is 0.257 e. The third kappa shape index (κ3) is 2.60. The molecule has 21 heavy (non-hydrogen) atoms. The summed E-state index contributed by atoms with van der Waals surface area (Å²) in [7, 11) is 0. The minimum absolute atomic E-state index is 0.482. The van der Waals surface area contributed by atoms with E-state index in [1.807, 2.05) is 26.8 Å². The largest absolute Gasteiger partial charge is 0.354 e. The SMILES string of the molecule is CCNc1nc(-n2ccnc2)nc(-n2nc(C)cc2C)n1. The Morgan fingerprint density at radius 3 is 2.57 bits per heavy atom. The minimum atomic E-state index is 0.482. The number of nitrogens with one attached hydrogen (secondary N) is 1. The van der Waals surface area contributed by atoms with E-state index in [-0.39, 0.29) is 0 Å². The smallest absolute Gasteiger partial charge is 0.257 e. The van der Waals surface area contributed by atoms with Gasteiger partial charge < -0.3 is 5.32 Å². The predicted octanol–water partition coefficient (Wildman–Crippen LogP) is 1.29. The van der Waals surface area contributed by atoms with E-state index in [0.717, 1.165) is 17.9 Å². The molecule has 0 atom stereocenters. The van der Waals surface area contributed by atoms with E-state index in [1.54, 1.807) is 28.0 Å². The summed E-state index contributed by atoms with van der Waals surface area (Å²) in [5.74, 6) is 1.50. The van der Waals surface area contributed by atoms with Gasteiger partial charge in [0, 0.05) is 24.6 Å². The van der Waals surface area contributed by atoms with Gasteiger partial charge in [0.2, 0.25) is 11.9 Å². The molecule has 0 spiro atoms. The maximum absolute atomic E-state index is 4.46. The molecule has 0 radical (unpaired) electrons.